The molecule has 2 unspecified atom stereocenters. The van der Waals surface area contributed by atoms with Gasteiger partial charge >= 0.3 is 5.97 Å². The van der Waals surface area contributed by atoms with Crippen LogP contribution >= 0.6 is 0 Å². The first-order valence-corrected chi connectivity index (χ1v) is 6.56. The molecule has 2 heteroatoms. The van der Waals surface area contributed by atoms with Gasteiger partial charge in [0.15, 0.2) is 0 Å². The fourth-order valence-electron chi connectivity index (χ4n) is 3.20. The number of benzene rings is 1. The number of hydrogen-bond acceptors (Lipinski definition) is 2. The molecule has 1 aromatic carbocycles. The van der Waals surface area contributed by atoms with Gasteiger partial charge in [-0.3, -0.25) is 0 Å². The van der Waals surface area contributed by atoms with Crippen molar-refractivity contribution in [3.05, 3.63) is 47.0 Å². The van der Waals surface area contributed by atoms with E-state index in [4.69, 9.17) is 4.74 Å². The Labute approximate surface area is 108 Å². The molecule has 0 amide bonds. The van der Waals surface area contributed by atoms with Crippen LogP contribution in [0, 0.1) is 0 Å². The lowest BCUT2D eigenvalue weighted by Crippen LogP contribution is -2.33. The Morgan fingerprint density at radius 1 is 1.28 bits per heavy atom. The van der Waals surface area contributed by atoms with Crippen molar-refractivity contribution in [3.8, 4) is 0 Å². The van der Waals surface area contributed by atoms with Crippen molar-refractivity contribution in [1.29, 1.82) is 0 Å². The van der Waals surface area contributed by atoms with Gasteiger partial charge in [0.25, 0.3) is 0 Å². The zero-order chi connectivity index (χ0) is 12.8. The van der Waals surface area contributed by atoms with Crippen LogP contribution < -0.4 is 0 Å². The van der Waals surface area contributed by atoms with Crippen molar-refractivity contribution in [2.45, 2.75) is 44.6 Å². The second kappa shape index (κ2) is 3.98. The average Bonchev–Trinajstić information content (AvgIpc) is 2.65. The van der Waals surface area contributed by atoms with Crippen molar-refractivity contribution < 1.29 is 9.53 Å². The predicted octanol–water partition coefficient (Wildman–Crippen LogP) is 3.37. The summed E-state index contributed by atoms with van der Waals surface area (Å²) in [4.78, 5) is 11.6. The first-order valence-electron chi connectivity index (χ1n) is 6.56. The minimum atomic E-state index is -0.118. The first-order chi connectivity index (χ1) is 8.60. The number of carbonyl (C=O) groups excluding carboxylic acids is 1. The molecule has 0 aromatic heterocycles. The highest BCUT2D eigenvalue weighted by molar-refractivity contribution is 5.91. The highest BCUT2D eigenvalue weighted by Gasteiger charge is 2.42. The van der Waals surface area contributed by atoms with E-state index < -0.39 is 0 Å². The van der Waals surface area contributed by atoms with E-state index in [1.54, 1.807) is 0 Å². The van der Waals surface area contributed by atoms with E-state index >= 15 is 0 Å². The lowest BCUT2D eigenvalue weighted by molar-refractivity contribution is -0.140. The number of rotatable bonds is 1. The molecule has 1 aromatic rings. The maximum atomic E-state index is 11.6. The van der Waals surface area contributed by atoms with Gasteiger partial charge in [-0.05, 0) is 42.7 Å². The van der Waals surface area contributed by atoms with E-state index in [2.05, 4.69) is 31.2 Å². The summed E-state index contributed by atoms with van der Waals surface area (Å²) in [6, 6.07) is 10.6. The van der Waals surface area contributed by atoms with E-state index in [1.165, 1.54) is 11.1 Å². The summed E-state index contributed by atoms with van der Waals surface area (Å²) in [5.74, 6) is -0.118. The number of carbonyl (C=O) groups is 1. The lowest BCUT2D eigenvalue weighted by atomic mass is 9.68. The Bertz CT molecular complexity index is 515. The van der Waals surface area contributed by atoms with E-state index in [0.29, 0.717) is 0 Å². The Morgan fingerprint density at radius 3 is 2.72 bits per heavy atom. The Balaban J connectivity index is 1.90. The van der Waals surface area contributed by atoms with Crippen LogP contribution in [-0.4, -0.2) is 12.1 Å². The number of hydrogen-bond donors (Lipinski definition) is 0. The molecule has 2 nitrogen and oxygen atoms in total. The minimum Gasteiger partial charge on any atom is -0.454 e. The molecule has 3 rings (SSSR count). The monoisotopic (exact) mass is 242 g/mol. The molecule has 2 aliphatic rings. The predicted molar refractivity (Wildman–Crippen MR) is 70.2 cm³/mol. The fraction of sp³-hybridized carbons (Fsp3) is 0.438. The van der Waals surface area contributed by atoms with Crippen molar-refractivity contribution in [2.24, 2.45) is 0 Å². The Kier molecular flexibility index (Phi) is 2.54. The maximum Gasteiger partial charge on any atom is 0.334 e. The molecular weight excluding hydrogens is 224 g/mol. The highest BCUT2D eigenvalue weighted by atomic mass is 16.5. The quantitative estimate of drug-likeness (QED) is 0.706. The van der Waals surface area contributed by atoms with Gasteiger partial charge in [0.2, 0.25) is 0 Å². The molecule has 1 aliphatic heterocycles. The number of esters is 1. The summed E-state index contributed by atoms with van der Waals surface area (Å²) in [7, 11) is 0. The molecule has 0 spiro atoms. The van der Waals surface area contributed by atoms with E-state index in [-0.39, 0.29) is 17.5 Å². The molecule has 18 heavy (non-hydrogen) atoms. The van der Waals surface area contributed by atoms with E-state index in [1.807, 2.05) is 13.0 Å². The maximum absolute atomic E-state index is 11.6. The van der Waals surface area contributed by atoms with Crippen LogP contribution in [0.15, 0.2) is 41.5 Å². The van der Waals surface area contributed by atoms with Gasteiger partial charge in [0, 0.05) is 5.57 Å². The fourth-order valence-corrected chi connectivity index (χ4v) is 3.20. The SMILES string of the molecule is CC1=C2CCC(C)(c3ccccc3)CC2OC1=O. The van der Waals surface area contributed by atoms with Crippen molar-refractivity contribution >= 4 is 5.97 Å². The highest BCUT2D eigenvalue weighted by Crippen LogP contribution is 2.45. The van der Waals surface area contributed by atoms with Crippen LogP contribution in [0.2, 0.25) is 0 Å². The molecule has 0 radical (unpaired) electrons. The lowest BCUT2D eigenvalue weighted by Gasteiger charge is -2.37. The zero-order valence-electron chi connectivity index (χ0n) is 10.9. The molecule has 0 saturated heterocycles. The van der Waals surface area contributed by atoms with Gasteiger partial charge < -0.3 is 4.74 Å². The normalized spacial score (nSPS) is 31.2. The van der Waals surface area contributed by atoms with Gasteiger partial charge in [-0.2, -0.15) is 0 Å². The van der Waals surface area contributed by atoms with Crippen molar-refractivity contribution in [3.63, 3.8) is 0 Å². The van der Waals surface area contributed by atoms with Crippen LogP contribution in [0.3, 0.4) is 0 Å². The summed E-state index contributed by atoms with van der Waals surface area (Å²) in [6.07, 6.45) is 3.00. The van der Waals surface area contributed by atoms with Gasteiger partial charge in [-0.25, -0.2) is 4.79 Å². The summed E-state index contributed by atoms with van der Waals surface area (Å²) in [5.41, 5.74) is 3.55. The molecule has 1 saturated carbocycles. The molecule has 0 N–H and O–H groups in total. The van der Waals surface area contributed by atoms with Gasteiger partial charge in [0.05, 0.1) is 0 Å². The molecule has 1 aliphatic carbocycles. The van der Waals surface area contributed by atoms with Crippen molar-refractivity contribution in [2.75, 3.05) is 0 Å². The molecule has 94 valence electrons. The zero-order valence-corrected chi connectivity index (χ0v) is 10.9. The molecule has 1 fully saturated rings. The Morgan fingerprint density at radius 2 is 2.00 bits per heavy atom. The third kappa shape index (κ3) is 1.67. The second-order valence-corrected chi connectivity index (χ2v) is 5.67. The van der Waals surface area contributed by atoms with Crippen LogP contribution in [0.25, 0.3) is 0 Å². The van der Waals surface area contributed by atoms with Gasteiger partial charge in [0.1, 0.15) is 6.10 Å². The largest absolute Gasteiger partial charge is 0.454 e. The standard InChI is InChI=1S/C16H18O2/c1-11-13-8-9-16(2,10-14(13)18-15(11)17)12-6-4-3-5-7-12/h3-7,14H,8-10H2,1-2H3. The van der Waals surface area contributed by atoms with E-state index in [9.17, 15) is 4.79 Å². The molecule has 0 bridgehead atoms. The van der Waals surface area contributed by atoms with Crippen LogP contribution in [0.1, 0.15) is 38.7 Å². The van der Waals surface area contributed by atoms with E-state index in [0.717, 1.165) is 24.8 Å². The van der Waals surface area contributed by atoms with Crippen LogP contribution in [0.5, 0.6) is 0 Å². The summed E-state index contributed by atoms with van der Waals surface area (Å²) in [6.45, 7) is 4.17. The smallest absolute Gasteiger partial charge is 0.334 e. The van der Waals surface area contributed by atoms with Gasteiger partial charge in [-0.1, -0.05) is 37.3 Å². The topological polar surface area (TPSA) is 26.3 Å². The molecular formula is C16H18O2. The van der Waals surface area contributed by atoms with Gasteiger partial charge in [-0.15, -0.1) is 0 Å². The van der Waals surface area contributed by atoms with Crippen molar-refractivity contribution in [1.82, 2.24) is 0 Å². The summed E-state index contributed by atoms with van der Waals surface area (Å²) >= 11 is 0. The average molecular weight is 242 g/mol. The van der Waals surface area contributed by atoms with Crippen LogP contribution in [0.4, 0.5) is 0 Å². The summed E-state index contributed by atoms with van der Waals surface area (Å²) < 4.78 is 5.48. The Hall–Kier alpha value is -1.57. The third-order valence-corrected chi connectivity index (χ3v) is 4.48. The first kappa shape index (κ1) is 11.5. The number of ether oxygens (including phenoxy) is 1. The minimum absolute atomic E-state index is 0.0106. The van der Waals surface area contributed by atoms with Crippen LogP contribution in [-0.2, 0) is 14.9 Å². The number of fused-ring (bicyclic) bond motifs is 1. The third-order valence-electron chi connectivity index (χ3n) is 4.48. The molecule has 2 atom stereocenters. The summed E-state index contributed by atoms with van der Waals surface area (Å²) in [5, 5.41) is 0. The second-order valence-electron chi connectivity index (χ2n) is 5.67. The molecule has 1 heterocycles.